The molecule has 0 atom stereocenters. The predicted molar refractivity (Wildman–Crippen MR) is 85.5 cm³/mol. The Balaban J connectivity index is 1.87. The van der Waals surface area contributed by atoms with Gasteiger partial charge in [-0.15, -0.1) is 0 Å². The minimum absolute atomic E-state index is 0.349. The van der Waals surface area contributed by atoms with Gasteiger partial charge in [0, 0.05) is 24.2 Å². The van der Waals surface area contributed by atoms with Crippen molar-refractivity contribution in [3.8, 4) is 11.5 Å². The number of hydrogen-bond donors (Lipinski definition) is 1. The molecule has 1 aliphatic rings. The minimum Gasteiger partial charge on any atom is -0.454 e. The number of rotatable bonds is 5. The topological polar surface area (TPSA) is 21.3 Å². The van der Waals surface area contributed by atoms with Crippen molar-refractivity contribution in [2.75, 3.05) is 0 Å². The SMILES string of the molecule is Fc1ccc(Br)c(Oc2c(Cl)cccc2CNC2CC2)c1. The number of benzene rings is 2. The van der Waals surface area contributed by atoms with Gasteiger partial charge in [0.1, 0.15) is 11.6 Å². The van der Waals surface area contributed by atoms with Crippen molar-refractivity contribution < 1.29 is 9.13 Å². The summed E-state index contributed by atoms with van der Waals surface area (Å²) in [7, 11) is 0. The van der Waals surface area contributed by atoms with Gasteiger partial charge in [-0.1, -0.05) is 23.7 Å². The van der Waals surface area contributed by atoms with Gasteiger partial charge in [-0.25, -0.2) is 4.39 Å². The Kier molecular flexibility index (Phi) is 4.48. The highest BCUT2D eigenvalue weighted by atomic mass is 79.9. The zero-order valence-corrected chi connectivity index (χ0v) is 13.5. The monoisotopic (exact) mass is 369 g/mol. The Morgan fingerprint density at radius 1 is 1.29 bits per heavy atom. The summed E-state index contributed by atoms with van der Waals surface area (Å²) in [6, 6.07) is 10.5. The van der Waals surface area contributed by atoms with Crippen molar-refractivity contribution in [1.29, 1.82) is 0 Å². The zero-order valence-electron chi connectivity index (χ0n) is 11.2. The lowest BCUT2D eigenvalue weighted by Gasteiger charge is -2.14. The third kappa shape index (κ3) is 3.76. The van der Waals surface area contributed by atoms with Gasteiger partial charge in [0.05, 0.1) is 9.50 Å². The Hall–Kier alpha value is -1.10. The van der Waals surface area contributed by atoms with Gasteiger partial charge in [-0.2, -0.15) is 0 Å². The van der Waals surface area contributed by atoms with Crippen molar-refractivity contribution in [1.82, 2.24) is 5.32 Å². The smallest absolute Gasteiger partial charge is 0.150 e. The first-order valence-corrected chi connectivity index (χ1v) is 7.94. The van der Waals surface area contributed by atoms with Crippen LogP contribution < -0.4 is 10.1 Å². The Morgan fingerprint density at radius 3 is 2.86 bits per heavy atom. The zero-order chi connectivity index (χ0) is 14.8. The van der Waals surface area contributed by atoms with Crippen molar-refractivity contribution in [2.45, 2.75) is 25.4 Å². The molecule has 1 aliphatic carbocycles. The molecule has 0 spiro atoms. The molecule has 1 fully saturated rings. The molecule has 0 bridgehead atoms. The molecule has 2 aromatic rings. The minimum atomic E-state index is -0.349. The molecule has 0 heterocycles. The summed E-state index contributed by atoms with van der Waals surface area (Å²) >= 11 is 9.60. The Bertz CT molecular complexity index is 661. The molecule has 0 unspecified atom stereocenters. The van der Waals surface area contributed by atoms with Gasteiger partial charge < -0.3 is 10.1 Å². The third-order valence-electron chi connectivity index (χ3n) is 3.31. The van der Waals surface area contributed by atoms with E-state index in [4.69, 9.17) is 16.3 Å². The summed E-state index contributed by atoms with van der Waals surface area (Å²) in [6.45, 7) is 0.688. The van der Waals surface area contributed by atoms with E-state index < -0.39 is 0 Å². The van der Waals surface area contributed by atoms with Crippen molar-refractivity contribution in [3.05, 3.63) is 57.3 Å². The van der Waals surface area contributed by atoms with Crippen molar-refractivity contribution in [3.63, 3.8) is 0 Å². The van der Waals surface area contributed by atoms with Gasteiger partial charge in [0.2, 0.25) is 0 Å². The fourth-order valence-corrected chi connectivity index (χ4v) is 2.57. The standard InChI is InChI=1S/C16H14BrClFNO/c17-13-7-4-11(19)8-15(13)21-16-10(2-1-3-14(16)18)9-20-12-5-6-12/h1-4,7-8,12,20H,5-6,9H2. The molecule has 5 heteroatoms. The Labute approximate surface area is 136 Å². The largest absolute Gasteiger partial charge is 0.454 e. The molecule has 1 N–H and O–H groups in total. The van der Waals surface area contributed by atoms with E-state index in [1.807, 2.05) is 12.1 Å². The molecule has 3 rings (SSSR count). The second-order valence-corrected chi connectivity index (χ2v) is 6.32. The van der Waals surface area contributed by atoms with Gasteiger partial charge in [-0.05, 0) is 47.0 Å². The van der Waals surface area contributed by atoms with E-state index in [-0.39, 0.29) is 5.82 Å². The van der Waals surface area contributed by atoms with E-state index in [0.717, 1.165) is 5.56 Å². The maximum atomic E-state index is 13.4. The molecule has 0 amide bonds. The van der Waals surface area contributed by atoms with E-state index in [1.54, 1.807) is 12.1 Å². The second kappa shape index (κ2) is 6.34. The molecule has 2 aromatic carbocycles. The number of para-hydroxylation sites is 1. The normalized spacial score (nSPS) is 14.2. The molecule has 0 aliphatic heterocycles. The van der Waals surface area contributed by atoms with E-state index in [1.165, 1.54) is 25.0 Å². The van der Waals surface area contributed by atoms with Crippen molar-refractivity contribution in [2.24, 2.45) is 0 Å². The highest BCUT2D eigenvalue weighted by Crippen LogP contribution is 2.37. The van der Waals surface area contributed by atoms with E-state index in [0.29, 0.717) is 33.6 Å². The highest BCUT2D eigenvalue weighted by Gasteiger charge is 2.21. The lowest BCUT2D eigenvalue weighted by molar-refractivity contribution is 0.464. The first-order chi connectivity index (χ1) is 10.1. The fourth-order valence-electron chi connectivity index (χ4n) is 2.01. The summed E-state index contributed by atoms with van der Waals surface area (Å²) < 4.78 is 19.9. The lowest BCUT2D eigenvalue weighted by atomic mass is 10.2. The molecular weight excluding hydrogens is 357 g/mol. The average molecular weight is 371 g/mol. The molecule has 0 radical (unpaired) electrons. The summed E-state index contributed by atoms with van der Waals surface area (Å²) in [5, 5.41) is 3.94. The molecule has 2 nitrogen and oxygen atoms in total. The van der Waals surface area contributed by atoms with Gasteiger partial charge >= 0.3 is 0 Å². The molecule has 21 heavy (non-hydrogen) atoms. The molecular formula is C16H14BrClFNO. The first-order valence-electron chi connectivity index (χ1n) is 6.77. The molecule has 1 saturated carbocycles. The molecule has 0 aromatic heterocycles. The average Bonchev–Trinajstić information content (AvgIpc) is 3.27. The summed E-state index contributed by atoms with van der Waals surface area (Å²) in [4.78, 5) is 0. The van der Waals surface area contributed by atoms with E-state index >= 15 is 0 Å². The quantitative estimate of drug-likeness (QED) is 0.772. The van der Waals surface area contributed by atoms with Crippen LogP contribution in [0, 0.1) is 5.82 Å². The molecule has 110 valence electrons. The maximum absolute atomic E-state index is 13.4. The van der Waals surface area contributed by atoms with Crippen LogP contribution in [0.3, 0.4) is 0 Å². The number of ether oxygens (including phenoxy) is 1. The summed E-state index contributed by atoms with van der Waals surface area (Å²) in [5.74, 6) is 0.632. The van der Waals surface area contributed by atoms with Gasteiger partial charge in [-0.3, -0.25) is 0 Å². The van der Waals surface area contributed by atoms with Crippen LogP contribution in [-0.2, 0) is 6.54 Å². The van der Waals surface area contributed by atoms with E-state index in [2.05, 4.69) is 21.2 Å². The predicted octanol–water partition coefficient (Wildman–Crippen LogP) is 5.29. The van der Waals surface area contributed by atoms with Crippen LogP contribution in [0.15, 0.2) is 40.9 Å². The second-order valence-electron chi connectivity index (χ2n) is 5.06. The Morgan fingerprint density at radius 2 is 2.10 bits per heavy atom. The van der Waals surface area contributed by atoms with Crippen LogP contribution in [0.2, 0.25) is 5.02 Å². The number of halogens is 3. The van der Waals surface area contributed by atoms with Crippen LogP contribution in [0.5, 0.6) is 11.5 Å². The van der Waals surface area contributed by atoms with Gasteiger partial charge in [0.25, 0.3) is 0 Å². The lowest BCUT2D eigenvalue weighted by Crippen LogP contribution is -2.15. The van der Waals surface area contributed by atoms with Crippen LogP contribution >= 0.6 is 27.5 Å². The molecule has 0 saturated heterocycles. The van der Waals surface area contributed by atoms with E-state index in [9.17, 15) is 4.39 Å². The third-order valence-corrected chi connectivity index (χ3v) is 4.27. The van der Waals surface area contributed by atoms with Crippen LogP contribution in [0.4, 0.5) is 4.39 Å². The van der Waals surface area contributed by atoms with Gasteiger partial charge in [0.15, 0.2) is 5.75 Å². The summed E-state index contributed by atoms with van der Waals surface area (Å²) in [6.07, 6.45) is 2.43. The van der Waals surface area contributed by atoms with Crippen LogP contribution in [0.1, 0.15) is 18.4 Å². The maximum Gasteiger partial charge on any atom is 0.150 e. The van der Waals surface area contributed by atoms with Crippen molar-refractivity contribution >= 4 is 27.5 Å². The van der Waals surface area contributed by atoms with Crippen LogP contribution in [-0.4, -0.2) is 6.04 Å². The fraction of sp³-hybridized carbons (Fsp3) is 0.250. The van der Waals surface area contributed by atoms with Crippen LogP contribution in [0.25, 0.3) is 0 Å². The first kappa shape index (κ1) is 14.8. The number of hydrogen-bond acceptors (Lipinski definition) is 2. The highest BCUT2D eigenvalue weighted by molar-refractivity contribution is 9.10. The summed E-state index contributed by atoms with van der Waals surface area (Å²) in [5.41, 5.74) is 0.963. The number of nitrogens with one attached hydrogen (secondary N) is 1.